The Bertz CT molecular complexity index is 847. The molecule has 2 aromatic rings. The number of rotatable bonds is 13. The molecule has 0 radical (unpaired) electrons. The minimum absolute atomic E-state index is 0. The third kappa shape index (κ3) is 8.70. The van der Waals surface area contributed by atoms with Crippen LogP contribution in [0.2, 0.25) is 0 Å². The molecule has 29 heavy (non-hydrogen) atoms. The summed E-state index contributed by atoms with van der Waals surface area (Å²) < 4.78 is 35.8. The van der Waals surface area contributed by atoms with Crippen LogP contribution < -0.4 is 29.6 Å². The van der Waals surface area contributed by atoms with E-state index in [9.17, 15) is 13.0 Å². The van der Waals surface area contributed by atoms with Crippen molar-refractivity contribution in [2.24, 2.45) is 0 Å². The zero-order chi connectivity index (χ0) is 20.4. The summed E-state index contributed by atoms with van der Waals surface area (Å²) in [6.07, 6.45) is 13.1. The Morgan fingerprint density at radius 2 is 1.31 bits per heavy atom. The van der Waals surface area contributed by atoms with E-state index < -0.39 is 10.1 Å². The summed E-state index contributed by atoms with van der Waals surface area (Å²) in [5.41, 5.74) is 1.83. The first-order valence-electron chi connectivity index (χ1n) is 11.0. The Hall–Kier alpha value is -0.390. The van der Waals surface area contributed by atoms with Crippen molar-refractivity contribution in [3.05, 3.63) is 41.5 Å². The molecule has 0 saturated heterocycles. The van der Waals surface area contributed by atoms with Gasteiger partial charge in [0.05, 0.1) is 4.90 Å². The van der Waals surface area contributed by atoms with Crippen molar-refractivity contribution in [1.29, 1.82) is 0 Å². The fraction of sp³-hybridized carbons (Fsp3) is 0.583. The smallest absolute Gasteiger partial charge is 0.744 e. The van der Waals surface area contributed by atoms with Crippen LogP contribution in [0.25, 0.3) is 10.8 Å². The molecule has 2 rings (SSSR count). The molecule has 0 fully saturated rings. The first-order valence-corrected chi connectivity index (χ1v) is 12.4. The van der Waals surface area contributed by atoms with Crippen LogP contribution in [0.5, 0.6) is 0 Å². The number of hydrogen-bond acceptors (Lipinski definition) is 3. The van der Waals surface area contributed by atoms with Gasteiger partial charge in [0.25, 0.3) is 0 Å². The van der Waals surface area contributed by atoms with Gasteiger partial charge in [-0.3, -0.25) is 0 Å². The standard InChI is InChI=1S/C24H36O3S.Na/c1-3-5-7-9-11-14-20-16-13-17-21-18-22(15-12-10-8-6-4-2)24(19-23(20)21)28(25,26)27;/h13,16-19H,3-12,14-15H2,1-2H3,(H,25,26,27);/q;+1/p-1. The maximum atomic E-state index is 11.9. The van der Waals surface area contributed by atoms with E-state index in [1.54, 1.807) is 6.07 Å². The van der Waals surface area contributed by atoms with Gasteiger partial charge in [-0.1, -0.05) is 83.4 Å². The molecule has 0 aliphatic rings. The first kappa shape index (κ1) is 26.6. The van der Waals surface area contributed by atoms with E-state index in [1.165, 1.54) is 38.5 Å². The number of unbranched alkanes of at least 4 members (excludes halogenated alkanes) is 8. The number of benzene rings is 2. The molecular weight excluding hydrogens is 391 g/mol. The molecule has 0 spiro atoms. The predicted octanol–water partition coefficient (Wildman–Crippen LogP) is 3.77. The van der Waals surface area contributed by atoms with Gasteiger partial charge in [0.15, 0.2) is 0 Å². The molecule has 2 aromatic carbocycles. The van der Waals surface area contributed by atoms with Crippen molar-refractivity contribution < 1.29 is 42.5 Å². The molecule has 0 aromatic heterocycles. The Labute approximate surface area is 199 Å². The van der Waals surface area contributed by atoms with Gasteiger partial charge in [-0.05, 0) is 59.7 Å². The summed E-state index contributed by atoms with van der Waals surface area (Å²) in [7, 11) is -4.47. The predicted molar refractivity (Wildman–Crippen MR) is 117 cm³/mol. The zero-order valence-corrected chi connectivity index (χ0v) is 21.3. The van der Waals surface area contributed by atoms with Crippen LogP contribution in [0.15, 0.2) is 35.2 Å². The van der Waals surface area contributed by atoms with Gasteiger partial charge in [-0.25, -0.2) is 8.42 Å². The van der Waals surface area contributed by atoms with E-state index in [1.807, 2.05) is 18.2 Å². The van der Waals surface area contributed by atoms with Crippen molar-refractivity contribution in [3.8, 4) is 0 Å². The third-order valence-electron chi connectivity index (χ3n) is 5.52. The Balaban J connectivity index is 0.00000420. The summed E-state index contributed by atoms with van der Waals surface area (Å²) in [5.74, 6) is 0. The molecule has 0 aliphatic carbocycles. The summed E-state index contributed by atoms with van der Waals surface area (Å²) in [6, 6.07) is 9.70. The van der Waals surface area contributed by atoms with E-state index in [0.717, 1.165) is 48.4 Å². The monoisotopic (exact) mass is 426 g/mol. The van der Waals surface area contributed by atoms with Crippen molar-refractivity contribution in [2.75, 3.05) is 0 Å². The SMILES string of the molecule is CCCCCCCc1cc2cccc(CCCCCCC)c2cc1S(=O)(=O)[O-].[Na+]. The molecule has 0 N–H and O–H groups in total. The largest absolute Gasteiger partial charge is 1.00 e. The van der Waals surface area contributed by atoms with Crippen LogP contribution in [-0.2, 0) is 23.0 Å². The van der Waals surface area contributed by atoms with Crippen LogP contribution >= 0.6 is 0 Å². The molecular formula is C24H35NaO3S. The molecule has 3 nitrogen and oxygen atoms in total. The number of hydrogen-bond donors (Lipinski definition) is 0. The van der Waals surface area contributed by atoms with Crippen LogP contribution in [0, 0.1) is 0 Å². The molecule has 0 unspecified atom stereocenters. The Kier molecular flexibility index (Phi) is 12.7. The second-order valence-corrected chi connectivity index (χ2v) is 9.23. The number of aryl methyl sites for hydroxylation is 2. The third-order valence-corrected chi connectivity index (χ3v) is 6.44. The molecule has 0 heterocycles. The van der Waals surface area contributed by atoms with Gasteiger partial charge in [-0.15, -0.1) is 0 Å². The van der Waals surface area contributed by atoms with Crippen LogP contribution in [-0.4, -0.2) is 13.0 Å². The van der Waals surface area contributed by atoms with Gasteiger partial charge in [0, 0.05) is 0 Å². The molecule has 0 aliphatic heterocycles. The van der Waals surface area contributed by atoms with E-state index in [4.69, 9.17) is 0 Å². The maximum absolute atomic E-state index is 11.9. The van der Waals surface area contributed by atoms with Crippen LogP contribution in [0.4, 0.5) is 0 Å². The van der Waals surface area contributed by atoms with E-state index in [0.29, 0.717) is 12.0 Å². The van der Waals surface area contributed by atoms with Gasteiger partial charge >= 0.3 is 29.6 Å². The molecule has 0 amide bonds. The van der Waals surface area contributed by atoms with Crippen molar-refractivity contribution in [3.63, 3.8) is 0 Å². The van der Waals surface area contributed by atoms with E-state index in [2.05, 4.69) is 19.9 Å². The Morgan fingerprint density at radius 3 is 1.86 bits per heavy atom. The van der Waals surface area contributed by atoms with E-state index >= 15 is 0 Å². The van der Waals surface area contributed by atoms with E-state index in [-0.39, 0.29) is 34.5 Å². The second-order valence-electron chi connectivity index (χ2n) is 7.88. The topological polar surface area (TPSA) is 57.2 Å². The quantitative estimate of drug-likeness (QED) is 0.278. The molecule has 156 valence electrons. The summed E-state index contributed by atoms with van der Waals surface area (Å²) in [4.78, 5) is -0.0195. The zero-order valence-electron chi connectivity index (χ0n) is 18.5. The molecule has 0 atom stereocenters. The van der Waals surface area contributed by atoms with Crippen LogP contribution in [0.1, 0.15) is 89.2 Å². The molecule has 5 heteroatoms. The van der Waals surface area contributed by atoms with Crippen LogP contribution in [0.3, 0.4) is 0 Å². The average molecular weight is 427 g/mol. The average Bonchev–Trinajstić information content (AvgIpc) is 2.66. The fourth-order valence-corrected chi connectivity index (χ4v) is 4.65. The first-order chi connectivity index (χ1) is 13.5. The number of fused-ring (bicyclic) bond motifs is 1. The molecule has 0 saturated carbocycles. The van der Waals surface area contributed by atoms with Crippen molar-refractivity contribution in [2.45, 2.75) is 95.8 Å². The minimum Gasteiger partial charge on any atom is -0.744 e. The fourth-order valence-electron chi connectivity index (χ4n) is 3.90. The second kappa shape index (κ2) is 13.8. The van der Waals surface area contributed by atoms with Gasteiger partial charge in [-0.2, -0.15) is 0 Å². The van der Waals surface area contributed by atoms with Gasteiger partial charge < -0.3 is 4.55 Å². The van der Waals surface area contributed by atoms with Crippen molar-refractivity contribution in [1.82, 2.24) is 0 Å². The van der Waals surface area contributed by atoms with Crippen molar-refractivity contribution >= 4 is 20.9 Å². The molecule has 0 bridgehead atoms. The summed E-state index contributed by atoms with van der Waals surface area (Å²) in [5, 5.41) is 1.96. The van der Waals surface area contributed by atoms with Gasteiger partial charge in [0.2, 0.25) is 0 Å². The normalized spacial score (nSPS) is 11.6. The summed E-state index contributed by atoms with van der Waals surface area (Å²) >= 11 is 0. The maximum Gasteiger partial charge on any atom is 1.00 e. The minimum atomic E-state index is -4.47. The van der Waals surface area contributed by atoms with Gasteiger partial charge in [0.1, 0.15) is 10.1 Å². The Morgan fingerprint density at radius 1 is 0.759 bits per heavy atom. The summed E-state index contributed by atoms with van der Waals surface area (Å²) in [6.45, 7) is 4.38.